The van der Waals surface area contributed by atoms with E-state index in [-0.39, 0.29) is 5.56 Å². The molecule has 0 N–H and O–H groups in total. The second-order valence-corrected chi connectivity index (χ2v) is 5.27. The van der Waals surface area contributed by atoms with Crippen molar-refractivity contribution in [3.63, 3.8) is 0 Å². The summed E-state index contributed by atoms with van der Waals surface area (Å²) in [6.07, 6.45) is 5.73. The van der Waals surface area contributed by atoms with Gasteiger partial charge in [0.25, 0.3) is 5.56 Å². The lowest BCUT2D eigenvalue weighted by atomic mass is 10.3. The van der Waals surface area contributed by atoms with Crippen molar-refractivity contribution in [1.82, 2.24) is 19.1 Å². The van der Waals surface area contributed by atoms with E-state index in [1.54, 1.807) is 17.2 Å². The summed E-state index contributed by atoms with van der Waals surface area (Å²) in [5.74, 6) is 0.642. The molecule has 0 unspecified atom stereocenters. The predicted molar refractivity (Wildman–Crippen MR) is 75.8 cm³/mol. The smallest absolute Gasteiger partial charge is 0.281 e. The van der Waals surface area contributed by atoms with Gasteiger partial charge in [-0.25, -0.2) is 9.97 Å². The van der Waals surface area contributed by atoms with Crippen molar-refractivity contribution in [2.75, 3.05) is 0 Å². The zero-order chi connectivity index (χ0) is 13.5. The fourth-order valence-electron chi connectivity index (χ4n) is 2.42. The number of benzene rings is 1. The van der Waals surface area contributed by atoms with Crippen LogP contribution in [0.15, 0.2) is 47.8 Å². The van der Waals surface area contributed by atoms with Crippen molar-refractivity contribution < 1.29 is 0 Å². The van der Waals surface area contributed by atoms with Gasteiger partial charge in [-0.05, 0) is 30.9 Å². The Morgan fingerprint density at radius 1 is 1.10 bits per heavy atom. The summed E-state index contributed by atoms with van der Waals surface area (Å²) in [6.45, 7) is 0.764. The molecule has 1 fully saturated rings. The Labute approximate surface area is 115 Å². The average Bonchev–Trinajstić information content (AvgIpc) is 3.19. The molecule has 0 saturated heterocycles. The Balaban J connectivity index is 1.86. The minimum absolute atomic E-state index is 0.0448. The highest BCUT2D eigenvalue weighted by molar-refractivity contribution is 5.71. The first-order valence-electron chi connectivity index (χ1n) is 6.81. The summed E-state index contributed by atoms with van der Waals surface area (Å²) < 4.78 is 3.53. The van der Waals surface area contributed by atoms with E-state index in [0.717, 1.165) is 12.2 Å². The SMILES string of the molecule is O=c1c2ncn(-c3ccccc3)c2ncn1CC1CC1. The van der Waals surface area contributed by atoms with Crippen LogP contribution >= 0.6 is 0 Å². The third-order valence-electron chi connectivity index (χ3n) is 3.71. The van der Waals surface area contributed by atoms with Crippen molar-refractivity contribution in [2.45, 2.75) is 19.4 Å². The van der Waals surface area contributed by atoms with E-state index in [1.807, 2.05) is 34.9 Å². The lowest BCUT2D eigenvalue weighted by molar-refractivity contribution is 0.601. The summed E-state index contributed by atoms with van der Waals surface area (Å²) in [5, 5.41) is 0. The first-order chi connectivity index (χ1) is 9.83. The molecule has 4 rings (SSSR count). The number of imidazole rings is 1. The second-order valence-electron chi connectivity index (χ2n) is 5.27. The molecule has 1 aromatic carbocycles. The maximum atomic E-state index is 12.4. The molecule has 1 aliphatic rings. The maximum absolute atomic E-state index is 12.4. The number of rotatable bonds is 3. The highest BCUT2D eigenvalue weighted by Crippen LogP contribution is 2.30. The van der Waals surface area contributed by atoms with Gasteiger partial charge in [0.2, 0.25) is 0 Å². The van der Waals surface area contributed by atoms with Gasteiger partial charge < -0.3 is 0 Å². The van der Waals surface area contributed by atoms with Gasteiger partial charge in [0, 0.05) is 12.2 Å². The number of nitrogens with zero attached hydrogens (tertiary/aromatic N) is 4. The minimum Gasteiger partial charge on any atom is -0.297 e. The van der Waals surface area contributed by atoms with Gasteiger partial charge in [-0.15, -0.1) is 0 Å². The number of fused-ring (bicyclic) bond motifs is 1. The standard InChI is InChI=1S/C15H14N4O/c20-15-13-14(17-9-18(15)8-11-6-7-11)19(10-16-13)12-4-2-1-3-5-12/h1-5,9-11H,6-8H2. The van der Waals surface area contributed by atoms with E-state index in [1.165, 1.54) is 12.8 Å². The Morgan fingerprint density at radius 2 is 1.90 bits per heavy atom. The molecule has 2 heterocycles. The van der Waals surface area contributed by atoms with Gasteiger partial charge in [-0.3, -0.25) is 13.9 Å². The van der Waals surface area contributed by atoms with E-state index in [4.69, 9.17) is 0 Å². The fraction of sp³-hybridized carbons (Fsp3) is 0.267. The minimum atomic E-state index is -0.0448. The summed E-state index contributed by atoms with van der Waals surface area (Å²) in [7, 11) is 0. The number of hydrogen-bond donors (Lipinski definition) is 0. The van der Waals surface area contributed by atoms with Crippen molar-refractivity contribution in [3.05, 3.63) is 53.3 Å². The van der Waals surface area contributed by atoms with Crippen LogP contribution in [0, 0.1) is 5.92 Å². The molecule has 1 saturated carbocycles. The molecule has 0 amide bonds. The van der Waals surface area contributed by atoms with Crippen molar-refractivity contribution in [1.29, 1.82) is 0 Å². The zero-order valence-corrected chi connectivity index (χ0v) is 10.9. The first-order valence-corrected chi connectivity index (χ1v) is 6.81. The van der Waals surface area contributed by atoms with E-state index < -0.39 is 0 Å². The topological polar surface area (TPSA) is 52.7 Å². The third-order valence-corrected chi connectivity index (χ3v) is 3.71. The summed E-state index contributed by atoms with van der Waals surface area (Å²) in [4.78, 5) is 21.1. The molecule has 0 aliphatic heterocycles. The first kappa shape index (κ1) is 11.4. The maximum Gasteiger partial charge on any atom is 0.281 e. The number of hydrogen-bond acceptors (Lipinski definition) is 3. The molecule has 1 aliphatic carbocycles. The molecule has 5 heteroatoms. The van der Waals surface area contributed by atoms with Gasteiger partial charge >= 0.3 is 0 Å². The van der Waals surface area contributed by atoms with Gasteiger partial charge in [0.15, 0.2) is 11.2 Å². The van der Waals surface area contributed by atoms with Gasteiger partial charge in [-0.1, -0.05) is 18.2 Å². The molecular weight excluding hydrogens is 252 g/mol. The molecule has 2 aromatic heterocycles. The third kappa shape index (κ3) is 1.82. The van der Waals surface area contributed by atoms with Crippen LogP contribution < -0.4 is 5.56 Å². The molecule has 3 aromatic rings. The normalized spacial score (nSPS) is 14.8. The van der Waals surface area contributed by atoms with Crippen LogP contribution in [-0.4, -0.2) is 19.1 Å². The highest BCUT2D eigenvalue weighted by atomic mass is 16.1. The Hall–Kier alpha value is -2.43. The molecule has 20 heavy (non-hydrogen) atoms. The number of para-hydroxylation sites is 1. The van der Waals surface area contributed by atoms with Crippen LogP contribution in [0.5, 0.6) is 0 Å². The molecule has 100 valence electrons. The Kier molecular flexibility index (Phi) is 2.45. The van der Waals surface area contributed by atoms with Crippen molar-refractivity contribution in [2.24, 2.45) is 5.92 Å². The summed E-state index contributed by atoms with van der Waals surface area (Å²) >= 11 is 0. The lowest BCUT2D eigenvalue weighted by Gasteiger charge is -2.05. The van der Waals surface area contributed by atoms with E-state index >= 15 is 0 Å². The van der Waals surface area contributed by atoms with Gasteiger partial charge in [-0.2, -0.15) is 0 Å². The molecule has 0 bridgehead atoms. The van der Waals surface area contributed by atoms with Crippen molar-refractivity contribution >= 4 is 11.2 Å². The summed E-state index contributed by atoms with van der Waals surface area (Å²) in [5.41, 5.74) is 1.98. The lowest BCUT2D eigenvalue weighted by Crippen LogP contribution is -2.21. The largest absolute Gasteiger partial charge is 0.297 e. The van der Waals surface area contributed by atoms with Crippen LogP contribution in [0.4, 0.5) is 0 Å². The Bertz CT molecular complexity index is 815. The Morgan fingerprint density at radius 3 is 2.65 bits per heavy atom. The average molecular weight is 266 g/mol. The fourth-order valence-corrected chi connectivity index (χ4v) is 2.42. The van der Waals surface area contributed by atoms with Gasteiger partial charge in [0.05, 0.1) is 0 Å². The predicted octanol–water partition coefficient (Wildman–Crippen LogP) is 1.99. The molecule has 5 nitrogen and oxygen atoms in total. The summed E-state index contributed by atoms with van der Waals surface area (Å²) in [6, 6.07) is 9.81. The van der Waals surface area contributed by atoms with E-state index in [9.17, 15) is 4.79 Å². The van der Waals surface area contributed by atoms with E-state index in [0.29, 0.717) is 17.1 Å². The monoisotopic (exact) mass is 266 g/mol. The van der Waals surface area contributed by atoms with Crippen LogP contribution in [-0.2, 0) is 6.54 Å². The second kappa shape index (κ2) is 4.30. The van der Waals surface area contributed by atoms with Crippen LogP contribution in [0.1, 0.15) is 12.8 Å². The van der Waals surface area contributed by atoms with Gasteiger partial charge in [0.1, 0.15) is 12.7 Å². The van der Waals surface area contributed by atoms with E-state index in [2.05, 4.69) is 9.97 Å². The van der Waals surface area contributed by atoms with Crippen LogP contribution in [0.3, 0.4) is 0 Å². The van der Waals surface area contributed by atoms with Crippen molar-refractivity contribution in [3.8, 4) is 5.69 Å². The quantitative estimate of drug-likeness (QED) is 0.728. The van der Waals surface area contributed by atoms with Crippen LogP contribution in [0.25, 0.3) is 16.9 Å². The molecule has 0 atom stereocenters. The molecule has 0 radical (unpaired) electrons. The zero-order valence-electron chi connectivity index (χ0n) is 10.9. The molecular formula is C15H14N4O. The van der Waals surface area contributed by atoms with Crippen LogP contribution in [0.2, 0.25) is 0 Å². The molecule has 0 spiro atoms. The highest BCUT2D eigenvalue weighted by Gasteiger charge is 2.23. The number of aromatic nitrogens is 4.